The Morgan fingerprint density at radius 1 is 1.56 bits per heavy atom. The van der Waals surface area contributed by atoms with E-state index in [2.05, 4.69) is 29.2 Å². The van der Waals surface area contributed by atoms with Crippen LogP contribution >= 0.6 is 22.6 Å². The monoisotopic (exact) mass is 357 g/mol. The highest BCUT2D eigenvalue weighted by Gasteiger charge is 2.11. The van der Waals surface area contributed by atoms with Crippen molar-refractivity contribution in [1.29, 1.82) is 0 Å². The van der Waals surface area contributed by atoms with Crippen LogP contribution in [0.3, 0.4) is 0 Å². The van der Waals surface area contributed by atoms with Crippen LogP contribution in [0.1, 0.15) is 6.92 Å². The van der Waals surface area contributed by atoms with E-state index in [1.165, 1.54) is 0 Å². The second-order valence-electron chi connectivity index (χ2n) is 4.04. The van der Waals surface area contributed by atoms with Gasteiger partial charge in [-0.15, -0.1) is 0 Å². The Morgan fingerprint density at radius 2 is 2.22 bits per heavy atom. The number of aliphatic hydroxyl groups is 1. The first kappa shape index (κ1) is 14.9. The Bertz CT molecular complexity index is 484. The maximum absolute atomic E-state index is 11.6. The standard InChI is InChI=1S/C14H16INO2/c1-9-3-5-12(16)6-4-11(14(18)8-17)7-13(15)10(9)2/h3-7,9,17H,2,8,16H2,1H3/b5-3-,11-4-,12-6-,13-7+. The minimum Gasteiger partial charge on any atom is -0.399 e. The van der Waals surface area contributed by atoms with Crippen molar-refractivity contribution in [2.24, 2.45) is 11.7 Å². The highest BCUT2D eigenvalue weighted by Crippen LogP contribution is 2.27. The Kier molecular flexibility index (Phi) is 5.55. The van der Waals surface area contributed by atoms with Crippen molar-refractivity contribution in [3.63, 3.8) is 0 Å². The van der Waals surface area contributed by atoms with Crippen LogP contribution in [0, 0.1) is 5.92 Å². The Hall–Kier alpha value is -1.14. The summed E-state index contributed by atoms with van der Waals surface area (Å²) in [6, 6.07) is 0. The van der Waals surface area contributed by atoms with Gasteiger partial charge in [0.2, 0.25) is 0 Å². The van der Waals surface area contributed by atoms with Gasteiger partial charge in [-0.1, -0.05) is 19.6 Å². The Morgan fingerprint density at radius 3 is 2.83 bits per heavy atom. The number of allylic oxidation sites excluding steroid dienone is 7. The number of hydrogen-bond donors (Lipinski definition) is 2. The smallest absolute Gasteiger partial charge is 0.188 e. The molecule has 0 spiro atoms. The fraction of sp³-hybridized carbons (Fsp3) is 0.214. The average Bonchev–Trinajstić information content (AvgIpc) is 2.37. The number of rotatable bonds is 2. The zero-order valence-electron chi connectivity index (χ0n) is 10.2. The van der Waals surface area contributed by atoms with E-state index >= 15 is 0 Å². The predicted molar refractivity (Wildman–Crippen MR) is 82.0 cm³/mol. The fourth-order valence-electron chi connectivity index (χ4n) is 1.37. The number of hydrogen-bond acceptors (Lipinski definition) is 3. The number of aliphatic hydroxyl groups excluding tert-OH is 1. The van der Waals surface area contributed by atoms with Gasteiger partial charge in [-0.2, -0.15) is 0 Å². The van der Waals surface area contributed by atoms with Crippen LogP contribution in [0.15, 0.2) is 57.4 Å². The van der Waals surface area contributed by atoms with E-state index in [-0.39, 0.29) is 11.7 Å². The van der Waals surface area contributed by atoms with Crippen LogP contribution in [0.2, 0.25) is 0 Å². The van der Waals surface area contributed by atoms with Crippen LogP contribution in [0.25, 0.3) is 0 Å². The van der Waals surface area contributed by atoms with Gasteiger partial charge in [-0.3, -0.25) is 4.79 Å². The number of ketones is 1. The van der Waals surface area contributed by atoms with Gasteiger partial charge in [0.25, 0.3) is 0 Å². The van der Waals surface area contributed by atoms with Gasteiger partial charge >= 0.3 is 0 Å². The lowest BCUT2D eigenvalue weighted by Gasteiger charge is -2.12. The topological polar surface area (TPSA) is 63.3 Å². The van der Waals surface area contributed by atoms with E-state index in [9.17, 15) is 4.79 Å². The molecule has 96 valence electrons. The summed E-state index contributed by atoms with van der Waals surface area (Å²) in [5.74, 6) is -0.193. The van der Waals surface area contributed by atoms with Crippen LogP contribution in [-0.2, 0) is 4.79 Å². The number of carbonyl (C=O) groups excluding carboxylic acids is 1. The van der Waals surface area contributed by atoms with Crippen molar-refractivity contribution in [1.82, 2.24) is 0 Å². The summed E-state index contributed by atoms with van der Waals surface area (Å²) >= 11 is 2.14. The second kappa shape index (κ2) is 6.70. The van der Waals surface area contributed by atoms with Crippen LogP contribution in [0.5, 0.6) is 0 Å². The van der Waals surface area contributed by atoms with Crippen molar-refractivity contribution in [2.75, 3.05) is 6.61 Å². The van der Waals surface area contributed by atoms with E-state index < -0.39 is 6.61 Å². The Labute approximate surface area is 121 Å². The van der Waals surface area contributed by atoms with E-state index in [1.54, 1.807) is 24.3 Å². The first-order chi connectivity index (χ1) is 8.45. The van der Waals surface area contributed by atoms with Gasteiger partial charge < -0.3 is 10.8 Å². The maximum Gasteiger partial charge on any atom is 0.188 e. The lowest BCUT2D eigenvalue weighted by atomic mass is 9.99. The van der Waals surface area contributed by atoms with Crippen molar-refractivity contribution in [3.05, 3.63) is 57.4 Å². The highest BCUT2D eigenvalue weighted by molar-refractivity contribution is 14.1. The summed E-state index contributed by atoms with van der Waals surface area (Å²) in [7, 11) is 0. The van der Waals surface area contributed by atoms with Crippen molar-refractivity contribution >= 4 is 28.4 Å². The molecule has 0 aromatic carbocycles. The lowest BCUT2D eigenvalue weighted by Crippen LogP contribution is -2.07. The van der Waals surface area contributed by atoms with E-state index in [0.717, 1.165) is 9.15 Å². The number of Topliss-reactive ketones (excluding diaryl/α,β-unsaturated/α-hetero) is 1. The van der Waals surface area contributed by atoms with Gasteiger partial charge in [-0.25, -0.2) is 0 Å². The largest absolute Gasteiger partial charge is 0.399 e. The minimum absolute atomic E-state index is 0.142. The molecule has 0 heterocycles. The lowest BCUT2D eigenvalue weighted by molar-refractivity contribution is -0.117. The molecule has 0 amide bonds. The molecular formula is C14H16INO2. The molecule has 18 heavy (non-hydrogen) atoms. The highest BCUT2D eigenvalue weighted by atomic mass is 127. The zero-order valence-corrected chi connectivity index (χ0v) is 12.3. The first-order valence-electron chi connectivity index (χ1n) is 5.51. The summed E-state index contributed by atoms with van der Waals surface area (Å²) in [6.45, 7) is 5.50. The molecule has 1 aliphatic carbocycles. The molecule has 0 saturated carbocycles. The second-order valence-corrected chi connectivity index (χ2v) is 5.20. The SMILES string of the molecule is C=C1\C(I)=C/C(C(=O)CO)=C/C=C(N)/C=C\C1C. The normalized spacial score (nSPS) is 31.4. The summed E-state index contributed by atoms with van der Waals surface area (Å²) in [5.41, 5.74) is 7.67. The van der Waals surface area contributed by atoms with Gasteiger partial charge in [0.1, 0.15) is 6.61 Å². The molecule has 1 rings (SSSR count). The predicted octanol–water partition coefficient (Wildman–Crippen LogP) is 2.40. The number of nitrogens with two attached hydrogens (primary N) is 1. The molecule has 0 bridgehead atoms. The molecule has 0 radical (unpaired) electrons. The van der Waals surface area contributed by atoms with Crippen molar-refractivity contribution < 1.29 is 9.90 Å². The molecular weight excluding hydrogens is 341 g/mol. The van der Waals surface area contributed by atoms with Gasteiger partial charge in [0, 0.05) is 14.8 Å². The summed E-state index contributed by atoms with van der Waals surface area (Å²) in [5, 5.41) is 8.93. The molecule has 0 aliphatic heterocycles. The third kappa shape index (κ3) is 3.96. The molecule has 0 fully saturated rings. The van der Waals surface area contributed by atoms with Crippen LogP contribution in [0.4, 0.5) is 0 Å². The minimum atomic E-state index is -0.516. The third-order valence-electron chi connectivity index (χ3n) is 2.64. The third-order valence-corrected chi connectivity index (χ3v) is 3.64. The molecule has 1 atom stereocenters. The van der Waals surface area contributed by atoms with E-state index in [0.29, 0.717) is 11.3 Å². The van der Waals surface area contributed by atoms with Gasteiger partial charge in [-0.05, 0) is 58.4 Å². The van der Waals surface area contributed by atoms with Crippen molar-refractivity contribution in [3.8, 4) is 0 Å². The fourth-order valence-corrected chi connectivity index (χ4v) is 2.20. The molecule has 0 aromatic rings. The van der Waals surface area contributed by atoms with Crippen LogP contribution < -0.4 is 5.73 Å². The summed E-state index contributed by atoms with van der Waals surface area (Å²) < 4.78 is 0.895. The molecule has 3 nitrogen and oxygen atoms in total. The number of halogens is 1. The summed E-state index contributed by atoms with van der Waals surface area (Å²) in [6.07, 6.45) is 8.75. The van der Waals surface area contributed by atoms with Gasteiger partial charge in [0.05, 0.1) is 0 Å². The molecule has 4 heteroatoms. The molecule has 3 N–H and O–H groups in total. The number of carbonyl (C=O) groups is 1. The zero-order chi connectivity index (χ0) is 13.7. The summed E-state index contributed by atoms with van der Waals surface area (Å²) in [4.78, 5) is 11.6. The molecule has 0 aromatic heterocycles. The van der Waals surface area contributed by atoms with Gasteiger partial charge in [0.15, 0.2) is 5.78 Å². The maximum atomic E-state index is 11.6. The molecule has 0 saturated heterocycles. The van der Waals surface area contributed by atoms with Crippen molar-refractivity contribution in [2.45, 2.75) is 6.92 Å². The first-order valence-corrected chi connectivity index (χ1v) is 6.59. The van der Waals surface area contributed by atoms with E-state index in [1.807, 2.05) is 13.0 Å². The Balaban J connectivity index is 3.28. The molecule has 1 aliphatic rings. The average molecular weight is 357 g/mol. The molecule has 1 unspecified atom stereocenters. The quantitative estimate of drug-likeness (QED) is 0.746. The van der Waals surface area contributed by atoms with Crippen LogP contribution in [-0.4, -0.2) is 17.5 Å². The van der Waals surface area contributed by atoms with E-state index in [4.69, 9.17) is 10.8 Å².